The van der Waals surface area contributed by atoms with Crippen LogP contribution in [0.25, 0.3) is 4.96 Å². The van der Waals surface area contributed by atoms with E-state index in [0.717, 1.165) is 23.1 Å². The Labute approximate surface area is 131 Å². The fourth-order valence-electron chi connectivity index (χ4n) is 2.52. The Morgan fingerprint density at radius 2 is 2.25 bits per heavy atom. The first-order valence-electron chi connectivity index (χ1n) is 6.77. The van der Waals surface area contributed by atoms with Gasteiger partial charge in [0.25, 0.3) is 0 Å². The fourth-order valence-corrected chi connectivity index (χ4v) is 3.70. The first kappa shape index (κ1) is 13.8. The molecule has 0 N–H and O–H groups in total. The molecule has 1 unspecified atom stereocenters. The minimum absolute atomic E-state index is 0.585. The topological polar surface area (TPSA) is 17.3 Å². The highest BCUT2D eigenvalue weighted by molar-refractivity contribution is 9.09. The Balaban J connectivity index is 1.72. The smallest absolute Gasteiger partial charge is 0.193 e. The zero-order chi connectivity index (χ0) is 13.9. The molecule has 3 rings (SSSR count). The van der Waals surface area contributed by atoms with Crippen LogP contribution in [0.2, 0.25) is 0 Å². The molecule has 2 aromatic heterocycles. The van der Waals surface area contributed by atoms with Crippen LogP contribution < -0.4 is 0 Å². The number of rotatable bonds is 5. The van der Waals surface area contributed by atoms with Crippen LogP contribution in [-0.4, -0.2) is 14.7 Å². The summed E-state index contributed by atoms with van der Waals surface area (Å²) < 4.78 is 2.11. The summed E-state index contributed by atoms with van der Waals surface area (Å²) in [4.78, 5) is 5.77. The lowest BCUT2D eigenvalue weighted by Gasteiger charge is -2.13. The molecule has 0 spiro atoms. The van der Waals surface area contributed by atoms with Crippen molar-refractivity contribution in [3.05, 3.63) is 58.9 Å². The van der Waals surface area contributed by atoms with Crippen molar-refractivity contribution in [2.75, 3.05) is 5.33 Å². The molecule has 3 aromatic rings. The van der Waals surface area contributed by atoms with Crippen LogP contribution in [-0.2, 0) is 12.8 Å². The second-order valence-electron chi connectivity index (χ2n) is 5.24. The third-order valence-electron chi connectivity index (χ3n) is 3.47. The molecule has 0 saturated heterocycles. The number of imidazole rings is 1. The quantitative estimate of drug-likeness (QED) is 0.620. The highest BCUT2D eigenvalue weighted by atomic mass is 79.9. The molecule has 0 saturated carbocycles. The van der Waals surface area contributed by atoms with Crippen molar-refractivity contribution in [1.29, 1.82) is 0 Å². The third-order valence-corrected chi connectivity index (χ3v) is 5.15. The zero-order valence-corrected chi connectivity index (χ0v) is 13.8. The minimum Gasteiger partial charge on any atom is -0.297 e. The van der Waals surface area contributed by atoms with E-state index in [1.165, 1.54) is 16.8 Å². The van der Waals surface area contributed by atoms with Crippen LogP contribution in [0.4, 0.5) is 0 Å². The van der Waals surface area contributed by atoms with E-state index in [-0.39, 0.29) is 0 Å². The van der Waals surface area contributed by atoms with Crippen molar-refractivity contribution in [3.63, 3.8) is 0 Å². The molecular weight excluding hydrogens is 332 g/mol. The van der Waals surface area contributed by atoms with Gasteiger partial charge in [-0.15, -0.1) is 11.3 Å². The standard InChI is InChI=1S/C16H17BrN2S/c1-12-3-2-4-13(7-12)8-14(10-17)9-15-11-19-5-6-20-16(19)18-15/h2-7,11,14H,8-10H2,1H3. The van der Waals surface area contributed by atoms with Crippen molar-refractivity contribution in [3.8, 4) is 0 Å². The van der Waals surface area contributed by atoms with Crippen molar-refractivity contribution >= 4 is 32.2 Å². The lowest BCUT2D eigenvalue weighted by atomic mass is 9.96. The summed E-state index contributed by atoms with van der Waals surface area (Å²) in [5.41, 5.74) is 3.93. The second-order valence-corrected chi connectivity index (χ2v) is 6.76. The number of nitrogens with zero attached hydrogens (tertiary/aromatic N) is 2. The highest BCUT2D eigenvalue weighted by Crippen LogP contribution is 2.19. The maximum Gasteiger partial charge on any atom is 0.193 e. The zero-order valence-electron chi connectivity index (χ0n) is 11.4. The predicted molar refractivity (Wildman–Crippen MR) is 88.9 cm³/mol. The summed E-state index contributed by atoms with van der Waals surface area (Å²) in [6, 6.07) is 8.79. The van der Waals surface area contributed by atoms with Crippen LogP contribution >= 0.6 is 27.3 Å². The van der Waals surface area contributed by atoms with E-state index in [2.05, 4.69) is 74.3 Å². The number of hydrogen-bond acceptors (Lipinski definition) is 2. The normalized spacial score (nSPS) is 12.9. The number of hydrogen-bond donors (Lipinski definition) is 0. The molecule has 0 aliphatic rings. The van der Waals surface area contributed by atoms with Gasteiger partial charge >= 0.3 is 0 Å². The van der Waals surface area contributed by atoms with Gasteiger partial charge in [0.15, 0.2) is 4.96 Å². The number of aryl methyl sites for hydroxylation is 1. The molecular formula is C16H17BrN2S. The van der Waals surface area contributed by atoms with Crippen LogP contribution in [0, 0.1) is 12.8 Å². The molecule has 2 heterocycles. The van der Waals surface area contributed by atoms with E-state index in [4.69, 9.17) is 0 Å². The molecule has 0 fully saturated rings. The van der Waals surface area contributed by atoms with Crippen LogP contribution in [0.1, 0.15) is 16.8 Å². The van der Waals surface area contributed by atoms with E-state index in [0.29, 0.717) is 5.92 Å². The average Bonchev–Trinajstić information content (AvgIpc) is 2.98. The largest absolute Gasteiger partial charge is 0.297 e. The number of thiazole rings is 1. The van der Waals surface area contributed by atoms with E-state index < -0.39 is 0 Å². The number of aromatic nitrogens is 2. The fraction of sp³-hybridized carbons (Fsp3) is 0.312. The van der Waals surface area contributed by atoms with Crippen molar-refractivity contribution in [2.45, 2.75) is 19.8 Å². The van der Waals surface area contributed by atoms with Gasteiger partial charge in [0.2, 0.25) is 0 Å². The first-order chi connectivity index (χ1) is 9.74. The molecule has 0 amide bonds. The maximum atomic E-state index is 4.68. The van der Waals surface area contributed by atoms with Crippen molar-refractivity contribution in [1.82, 2.24) is 9.38 Å². The van der Waals surface area contributed by atoms with Crippen LogP contribution in [0.3, 0.4) is 0 Å². The Hall–Kier alpha value is -1.13. The highest BCUT2D eigenvalue weighted by Gasteiger charge is 2.12. The van der Waals surface area contributed by atoms with Crippen LogP contribution in [0.15, 0.2) is 42.0 Å². The molecule has 4 heteroatoms. The van der Waals surface area contributed by atoms with Crippen molar-refractivity contribution in [2.24, 2.45) is 5.92 Å². The van der Waals surface area contributed by atoms with Crippen molar-refractivity contribution < 1.29 is 0 Å². The summed E-state index contributed by atoms with van der Waals surface area (Å²) >= 11 is 5.34. The molecule has 2 nitrogen and oxygen atoms in total. The number of halogens is 1. The summed E-state index contributed by atoms with van der Waals surface area (Å²) in [5.74, 6) is 0.585. The lowest BCUT2D eigenvalue weighted by Crippen LogP contribution is -2.10. The van der Waals surface area contributed by atoms with Gasteiger partial charge in [0.1, 0.15) is 0 Å². The van der Waals surface area contributed by atoms with Gasteiger partial charge in [-0.2, -0.15) is 0 Å². The summed E-state index contributed by atoms with van der Waals surface area (Å²) in [6.45, 7) is 2.15. The average molecular weight is 349 g/mol. The van der Waals surface area contributed by atoms with E-state index in [1.54, 1.807) is 11.3 Å². The van der Waals surface area contributed by atoms with E-state index >= 15 is 0 Å². The molecule has 0 aliphatic carbocycles. The van der Waals surface area contributed by atoms with Crippen LogP contribution in [0.5, 0.6) is 0 Å². The SMILES string of the molecule is Cc1cccc(CC(CBr)Cc2cn3ccsc3n2)c1. The Kier molecular flexibility index (Phi) is 4.22. The molecule has 1 atom stereocenters. The van der Waals surface area contributed by atoms with Gasteiger partial charge < -0.3 is 0 Å². The molecule has 1 aromatic carbocycles. The predicted octanol–water partition coefficient (Wildman–Crippen LogP) is 4.50. The second kappa shape index (κ2) is 6.10. The Morgan fingerprint density at radius 1 is 1.35 bits per heavy atom. The minimum atomic E-state index is 0.585. The summed E-state index contributed by atoms with van der Waals surface area (Å²) in [5, 5.41) is 3.08. The van der Waals surface area contributed by atoms with Gasteiger partial charge in [-0.05, 0) is 31.2 Å². The number of alkyl halides is 1. The van der Waals surface area contributed by atoms with E-state index in [9.17, 15) is 0 Å². The molecule has 0 bridgehead atoms. The molecule has 0 aliphatic heterocycles. The van der Waals surface area contributed by atoms with Gasteiger partial charge in [-0.1, -0.05) is 45.8 Å². The summed E-state index contributed by atoms with van der Waals surface area (Å²) in [6.07, 6.45) is 6.34. The molecule has 20 heavy (non-hydrogen) atoms. The number of benzene rings is 1. The molecule has 0 radical (unpaired) electrons. The maximum absolute atomic E-state index is 4.68. The van der Waals surface area contributed by atoms with Gasteiger partial charge in [0, 0.05) is 23.1 Å². The Bertz CT molecular complexity index is 673. The first-order valence-corrected chi connectivity index (χ1v) is 8.77. The van der Waals surface area contributed by atoms with Gasteiger partial charge in [-0.3, -0.25) is 4.40 Å². The van der Waals surface area contributed by atoms with Gasteiger partial charge in [0.05, 0.1) is 5.69 Å². The number of fused-ring (bicyclic) bond motifs is 1. The van der Waals surface area contributed by atoms with Gasteiger partial charge in [-0.25, -0.2) is 4.98 Å². The molecule has 104 valence electrons. The lowest BCUT2D eigenvalue weighted by molar-refractivity contribution is 0.584. The monoisotopic (exact) mass is 348 g/mol. The third kappa shape index (κ3) is 3.13. The summed E-state index contributed by atoms with van der Waals surface area (Å²) in [7, 11) is 0. The Morgan fingerprint density at radius 3 is 3.00 bits per heavy atom. The van der Waals surface area contributed by atoms with E-state index in [1.807, 2.05) is 0 Å².